The molecule has 0 aromatic heterocycles. The van der Waals surface area contributed by atoms with E-state index in [-0.39, 0.29) is 0 Å². The molecule has 2 N–H and O–H groups in total. The van der Waals surface area contributed by atoms with Gasteiger partial charge in [-0.2, -0.15) is 0 Å². The lowest BCUT2D eigenvalue weighted by molar-refractivity contribution is 0.426. The number of benzene rings is 4. The van der Waals surface area contributed by atoms with Crippen molar-refractivity contribution in [2.45, 2.75) is 176 Å². The van der Waals surface area contributed by atoms with Crippen LogP contribution >= 0.6 is 0 Å². The Bertz CT molecular complexity index is 1740. The van der Waals surface area contributed by atoms with Crippen LogP contribution in [0.5, 0.6) is 0 Å². The zero-order valence-corrected chi connectivity index (χ0v) is 37.0. The first kappa shape index (κ1) is 44.8. The van der Waals surface area contributed by atoms with Gasteiger partial charge in [0, 0.05) is 0 Å². The molecule has 0 unspecified atom stereocenters. The van der Waals surface area contributed by atoms with E-state index >= 15 is 0 Å². The molecule has 0 aliphatic carbocycles. The van der Waals surface area contributed by atoms with E-state index in [0.717, 1.165) is 31.2 Å². The van der Waals surface area contributed by atoms with Crippen LogP contribution in [0.15, 0.2) is 72.8 Å². The van der Waals surface area contributed by atoms with Crippen molar-refractivity contribution in [2.75, 3.05) is 0 Å². The minimum absolute atomic E-state index is 0.547. The number of rotatable bonds is 25. The van der Waals surface area contributed by atoms with Crippen molar-refractivity contribution >= 4 is 25.8 Å². The molecule has 4 aromatic rings. The van der Waals surface area contributed by atoms with Crippen molar-refractivity contribution in [3.63, 3.8) is 0 Å². The summed E-state index contributed by atoms with van der Waals surface area (Å²) < 4.78 is 0. The van der Waals surface area contributed by atoms with E-state index in [2.05, 4.69) is 102 Å². The molecule has 55 heavy (non-hydrogen) atoms. The molecule has 298 valence electrons. The molecule has 2 nitrogen and oxygen atoms in total. The Kier molecular flexibility index (Phi) is 19.0. The van der Waals surface area contributed by atoms with Gasteiger partial charge in [0.1, 0.15) is 0 Å². The summed E-state index contributed by atoms with van der Waals surface area (Å²) in [6, 6.07) is 27.7. The standard InChI is InChI=1S/C51H75BO2Si/c1-8-12-16-20-26-43-37-49(42-32-25-33-47(35-42)52(53)54)44(27-21-17-13-9-2)36-48(43)40-30-24-31-41(34-40)50-38-46(29-23-19-15-11-4)51(55(5,6)7)39-45(50)28-22-18-14-10-3/h24-25,30-39,53-54H,8-23,26-29H2,1-7H3. The van der Waals surface area contributed by atoms with Crippen LogP contribution in [0.25, 0.3) is 33.4 Å². The first-order valence-electron chi connectivity index (χ1n) is 22.5. The number of aryl methyl sites for hydroxylation is 4. The van der Waals surface area contributed by atoms with Crippen LogP contribution in [0.3, 0.4) is 0 Å². The monoisotopic (exact) mass is 759 g/mol. The first-order valence-corrected chi connectivity index (χ1v) is 26.0. The smallest absolute Gasteiger partial charge is 0.423 e. The molecule has 0 aliphatic rings. The van der Waals surface area contributed by atoms with Gasteiger partial charge in [-0.15, -0.1) is 0 Å². The minimum Gasteiger partial charge on any atom is -0.423 e. The van der Waals surface area contributed by atoms with E-state index < -0.39 is 15.2 Å². The predicted octanol–water partition coefficient (Wildman–Crippen LogP) is 13.4. The van der Waals surface area contributed by atoms with Crippen LogP contribution in [0.4, 0.5) is 0 Å². The van der Waals surface area contributed by atoms with Crippen LogP contribution in [0.2, 0.25) is 19.6 Å². The van der Waals surface area contributed by atoms with Gasteiger partial charge in [-0.25, -0.2) is 0 Å². The summed E-state index contributed by atoms with van der Waals surface area (Å²) in [6.07, 6.45) is 24.5. The third kappa shape index (κ3) is 13.6. The molecule has 4 heteroatoms. The van der Waals surface area contributed by atoms with Crippen LogP contribution in [-0.4, -0.2) is 25.2 Å². The number of unbranched alkanes of at least 4 members (excludes halogenated alkanes) is 12. The third-order valence-corrected chi connectivity index (χ3v) is 13.7. The highest BCUT2D eigenvalue weighted by Crippen LogP contribution is 2.37. The highest BCUT2D eigenvalue weighted by Gasteiger charge is 2.23. The summed E-state index contributed by atoms with van der Waals surface area (Å²) in [4.78, 5) is 0. The summed E-state index contributed by atoms with van der Waals surface area (Å²) in [5.41, 5.74) is 14.3. The molecule has 0 heterocycles. The second-order valence-electron chi connectivity index (χ2n) is 17.4. The molecule has 0 fully saturated rings. The Morgan fingerprint density at radius 1 is 0.418 bits per heavy atom. The molecule has 0 radical (unpaired) electrons. The summed E-state index contributed by atoms with van der Waals surface area (Å²) in [7, 11) is -3.02. The van der Waals surface area contributed by atoms with Gasteiger partial charge in [-0.3, -0.25) is 0 Å². The van der Waals surface area contributed by atoms with Gasteiger partial charge in [0.15, 0.2) is 0 Å². The van der Waals surface area contributed by atoms with E-state index in [9.17, 15) is 10.0 Å². The molecule has 0 spiro atoms. The maximum absolute atomic E-state index is 10.1. The van der Waals surface area contributed by atoms with Crippen molar-refractivity contribution in [3.05, 3.63) is 95.1 Å². The SMILES string of the molecule is CCCCCCc1cc(-c2cccc(-c3cc(CCCCCC)c([Si](C)(C)C)cc3CCCCCC)c2)c(CCCCCC)cc1-c1cccc(B(O)O)c1. The molecule has 0 bridgehead atoms. The van der Waals surface area contributed by atoms with E-state index in [4.69, 9.17) is 0 Å². The van der Waals surface area contributed by atoms with Crippen LogP contribution in [0, 0.1) is 0 Å². The van der Waals surface area contributed by atoms with Crippen LogP contribution in [-0.2, 0) is 25.7 Å². The Morgan fingerprint density at radius 2 is 0.782 bits per heavy atom. The average Bonchev–Trinajstić information content (AvgIpc) is 3.18. The second-order valence-corrected chi connectivity index (χ2v) is 22.4. The molecule has 0 aliphatic heterocycles. The Hall–Kier alpha value is -2.92. The number of hydrogen-bond donors (Lipinski definition) is 2. The fraction of sp³-hybridized carbons (Fsp3) is 0.529. The van der Waals surface area contributed by atoms with Gasteiger partial charge in [0.05, 0.1) is 8.07 Å². The average molecular weight is 759 g/mol. The van der Waals surface area contributed by atoms with Crippen molar-refractivity contribution in [3.8, 4) is 33.4 Å². The lowest BCUT2D eigenvalue weighted by atomic mass is 9.78. The Labute approximate surface area is 338 Å². The normalized spacial score (nSPS) is 11.7. The van der Waals surface area contributed by atoms with E-state index in [1.807, 2.05) is 18.2 Å². The number of hydrogen-bond acceptors (Lipinski definition) is 2. The first-order chi connectivity index (χ1) is 26.6. The molecule has 4 rings (SSSR count). The fourth-order valence-corrected chi connectivity index (χ4v) is 10.2. The predicted molar refractivity (Wildman–Crippen MR) is 247 cm³/mol. The van der Waals surface area contributed by atoms with Crippen molar-refractivity contribution < 1.29 is 10.0 Å². The molecular weight excluding hydrogens is 683 g/mol. The Balaban J connectivity index is 1.89. The maximum Gasteiger partial charge on any atom is 0.488 e. The van der Waals surface area contributed by atoms with Gasteiger partial charge < -0.3 is 10.0 Å². The van der Waals surface area contributed by atoms with E-state index in [1.165, 1.54) is 142 Å². The fourth-order valence-electron chi connectivity index (χ4n) is 8.40. The summed E-state index contributed by atoms with van der Waals surface area (Å²) in [5.74, 6) is 0. The van der Waals surface area contributed by atoms with Crippen molar-refractivity contribution in [1.82, 2.24) is 0 Å². The zero-order valence-electron chi connectivity index (χ0n) is 36.0. The third-order valence-electron chi connectivity index (χ3n) is 11.6. The van der Waals surface area contributed by atoms with E-state index in [0.29, 0.717) is 5.46 Å². The molecule has 0 saturated carbocycles. The topological polar surface area (TPSA) is 40.5 Å². The van der Waals surface area contributed by atoms with Gasteiger partial charge >= 0.3 is 7.12 Å². The van der Waals surface area contributed by atoms with Gasteiger partial charge in [-0.05, 0) is 119 Å². The summed E-state index contributed by atoms with van der Waals surface area (Å²) >= 11 is 0. The Morgan fingerprint density at radius 3 is 1.18 bits per heavy atom. The second kappa shape index (κ2) is 23.3. The van der Waals surface area contributed by atoms with Crippen molar-refractivity contribution in [2.24, 2.45) is 0 Å². The highest BCUT2D eigenvalue weighted by molar-refractivity contribution is 6.89. The maximum atomic E-state index is 10.1. The highest BCUT2D eigenvalue weighted by atomic mass is 28.3. The lowest BCUT2D eigenvalue weighted by Gasteiger charge is -2.25. The molecule has 0 amide bonds. The van der Waals surface area contributed by atoms with Crippen LogP contribution in [0.1, 0.15) is 153 Å². The van der Waals surface area contributed by atoms with Crippen molar-refractivity contribution in [1.29, 1.82) is 0 Å². The van der Waals surface area contributed by atoms with Gasteiger partial charge in [-0.1, -0.05) is 196 Å². The quantitative estimate of drug-likeness (QED) is 0.0522. The van der Waals surface area contributed by atoms with Gasteiger partial charge in [0.25, 0.3) is 0 Å². The molecular formula is C51H75BO2Si. The summed E-state index contributed by atoms with van der Waals surface area (Å²) in [6.45, 7) is 16.8. The largest absolute Gasteiger partial charge is 0.488 e. The molecule has 0 saturated heterocycles. The summed E-state index contributed by atoms with van der Waals surface area (Å²) in [5, 5.41) is 21.8. The zero-order chi connectivity index (χ0) is 39.6. The van der Waals surface area contributed by atoms with E-state index in [1.54, 1.807) is 16.3 Å². The molecule has 0 atom stereocenters. The van der Waals surface area contributed by atoms with Gasteiger partial charge in [0.2, 0.25) is 0 Å². The van der Waals surface area contributed by atoms with Crippen LogP contribution < -0.4 is 10.6 Å². The molecule has 4 aromatic carbocycles. The minimum atomic E-state index is -1.54. The lowest BCUT2D eigenvalue weighted by Crippen LogP contribution is -2.40.